The number of carbonyl (C=O) groups excluding carboxylic acids is 1. The minimum atomic E-state index is -0.0150. The van der Waals surface area contributed by atoms with Gasteiger partial charge in [0, 0.05) is 11.6 Å². The average molecular weight is 207 g/mol. The Hall–Kier alpha value is -1.51. The van der Waals surface area contributed by atoms with E-state index in [1.54, 1.807) is 24.3 Å². The standard InChI is InChI=1S/C12H17NO2/c1-8(2)9(3)12(15)13-10-4-6-11(14)7-5-10/h4-9,14H,1-3H3,(H,13,15). The van der Waals surface area contributed by atoms with Crippen LogP contribution >= 0.6 is 0 Å². The Bertz CT molecular complexity index is 330. The molecule has 15 heavy (non-hydrogen) atoms. The number of phenolic OH excluding ortho intramolecular Hbond substituents is 1. The number of anilines is 1. The smallest absolute Gasteiger partial charge is 0.227 e. The van der Waals surface area contributed by atoms with Gasteiger partial charge in [0.1, 0.15) is 5.75 Å². The van der Waals surface area contributed by atoms with Crippen molar-refractivity contribution < 1.29 is 9.90 Å². The Balaban J connectivity index is 2.62. The fourth-order valence-corrected chi connectivity index (χ4v) is 1.10. The van der Waals surface area contributed by atoms with E-state index in [0.29, 0.717) is 11.6 Å². The Labute approximate surface area is 90.1 Å². The van der Waals surface area contributed by atoms with Crippen LogP contribution in [0.1, 0.15) is 20.8 Å². The van der Waals surface area contributed by atoms with Crippen molar-refractivity contribution in [3.05, 3.63) is 24.3 Å². The molecule has 1 aromatic rings. The molecule has 0 aliphatic rings. The van der Waals surface area contributed by atoms with Gasteiger partial charge in [-0.2, -0.15) is 0 Å². The van der Waals surface area contributed by atoms with Crippen LogP contribution in [0.3, 0.4) is 0 Å². The zero-order valence-electron chi connectivity index (χ0n) is 9.32. The van der Waals surface area contributed by atoms with Gasteiger partial charge in [-0.3, -0.25) is 4.79 Å². The third kappa shape index (κ3) is 3.27. The number of hydrogen-bond acceptors (Lipinski definition) is 2. The average Bonchev–Trinajstić information content (AvgIpc) is 2.20. The molecule has 0 saturated heterocycles. The van der Waals surface area contributed by atoms with Gasteiger partial charge in [-0.05, 0) is 30.2 Å². The van der Waals surface area contributed by atoms with E-state index in [4.69, 9.17) is 5.11 Å². The summed E-state index contributed by atoms with van der Waals surface area (Å²) in [5.74, 6) is 0.515. The molecule has 0 aliphatic carbocycles. The second-order valence-electron chi connectivity index (χ2n) is 4.07. The highest BCUT2D eigenvalue weighted by Gasteiger charge is 2.16. The van der Waals surface area contributed by atoms with Crippen LogP contribution in [0.4, 0.5) is 5.69 Å². The van der Waals surface area contributed by atoms with E-state index >= 15 is 0 Å². The lowest BCUT2D eigenvalue weighted by Crippen LogP contribution is -2.24. The van der Waals surface area contributed by atoms with Crippen LogP contribution in [0, 0.1) is 11.8 Å². The SMILES string of the molecule is CC(C)C(C)C(=O)Nc1ccc(O)cc1. The van der Waals surface area contributed by atoms with E-state index in [9.17, 15) is 4.79 Å². The summed E-state index contributed by atoms with van der Waals surface area (Å²) >= 11 is 0. The second kappa shape index (κ2) is 4.82. The van der Waals surface area contributed by atoms with Crippen molar-refractivity contribution >= 4 is 11.6 Å². The zero-order valence-corrected chi connectivity index (χ0v) is 9.32. The number of aromatic hydroxyl groups is 1. The maximum atomic E-state index is 11.7. The molecule has 82 valence electrons. The fraction of sp³-hybridized carbons (Fsp3) is 0.417. The predicted octanol–water partition coefficient (Wildman–Crippen LogP) is 2.62. The highest BCUT2D eigenvalue weighted by atomic mass is 16.3. The van der Waals surface area contributed by atoms with Crippen LogP contribution in [-0.4, -0.2) is 11.0 Å². The molecule has 0 fully saturated rings. The summed E-state index contributed by atoms with van der Waals surface area (Å²) in [6.07, 6.45) is 0. The summed E-state index contributed by atoms with van der Waals surface area (Å²) in [5.41, 5.74) is 0.713. The molecular formula is C12H17NO2. The molecule has 1 aromatic carbocycles. The molecular weight excluding hydrogens is 190 g/mol. The molecule has 1 amide bonds. The third-order valence-electron chi connectivity index (χ3n) is 2.55. The first-order chi connectivity index (χ1) is 7.00. The largest absolute Gasteiger partial charge is 0.508 e. The van der Waals surface area contributed by atoms with Crippen molar-refractivity contribution in [1.29, 1.82) is 0 Å². The van der Waals surface area contributed by atoms with Gasteiger partial charge in [-0.1, -0.05) is 20.8 Å². The van der Waals surface area contributed by atoms with E-state index in [0.717, 1.165) is 0 Å². The van der Waals surface area contributed by atoms with Gasteiger partial charge in [-0.15, -0.1) is 0 Å². The van der Waals surface area contributed by atoms with Crippen molar-refractivity contribution in [3.63, 3.8) is 0 Å². The van der Waals surface area contributed by atoms with Crippen LogP contribution in [0.25, 0.3) is 0 Å². The Kier molecular flexibility index (Phi) is 3.72. The number of amides is 1. The van der Waals surface area contributed by atoms with Gasteiger partial charge in [0.15, 0.2) is 0 Å². The maximum absolute atomic E-state index is 11.7. The number of hydrogen-bond donors (Lipinski definition) is 2. The number of nitrogens with one attached hydrogen (secondary N) is 1. The van der Waals surface area contributed by atoms with Gasteiger partial charge in [0.25, 0.3) is 0 Å². The van der Waals surface area contributed by atoms with E-state index in [-0.39, 0.29) is 17.6 Å². The Morgan fingerprint density at radius 3 is 2.20 bits per heavy atom. The number of carbonyl (C=O) groups is 1. The van der Waals surface area contributed by atoms with Gasteiger partial charge in [0.05, 0.1) is 0 Å². The van der Waals surface area contributed by atoms with Crippen LogP contribution in [-0.2, 0) is 4.79 Å². The minimum Gasteiger partial charge on any atom is -0.508 e. The number of rotatable bonds is 3. The van der Waals surface area contributed by atoms with Gasteiger partial charge in [0.2, 0.25) is 5.91 Å². The Morgan fingerprint density at radius 1 is 1.20 bits per heavy atom. The van der Waals surface area contributed by atoms with Crippen molar-refractivity contribution in [1.82, 2.24) is 0 Å². The van der Waals surface area contributed by atoms with Gasteiger partial charge < -0.3 is 10.4 Å². The third-order valence-corrected chi connectivity index (χ3v) is 2.55. The first-order valence-electron chi connectivity index (χ1n) is 5.10. The van der Waals surface area contributed by atoms with Crippen LogP contribution < -0.4 is 5.32 Å². The molecule has 0 spiro atoms. The van der Waals surface area contributed by atoms with Crippen molar-refractivity contribution in [2.45, 2.75) is 20.8 Å². The topological polar surface area (TPSA) is 49.3 Å². The molecule has 0 saturated carbocycles. The van der Waals surface area contributed by atoms with E-state index < -0.39 is 0 Å². The second-order valence-corrected chi connectivity index (χ2v) is 4.07. The molecule has 2 N–H and O–H groups in total. The van der Waals surface area contributed by atoms with Gasteiger partial charge in [-0.25, -0.2) is 0 Å². The summed E-state index contributed by atoms with van der Waals surface area (Å²) < 4.78 is 0. The maximum Gasteiger partial charge on any atom is 0.227 e. The zero-order chi connectivity index (χ0) is 11.4. The summed E-state index contributed by atoms with van der Waals surface area (Å²) in [6, 6.07) is 6.46. The molecule has 0 aromatic heterocycles. The monoisotopic (exact) mass is 207 g/mol. The minimum absolute atomic E-state index is 0.00990. The van der Waals surface area contributed by atoms with Crippen molar-refractivity contribution in [2.75, 3.05) is 5.32 Å². The molecule has 0 aliphatic heterocycles. The van der Waals surface area contributed by atoms with Crippen LogP contribution in [0.2, 0.25) is 0 Å². The normalized spacial score (nSPS) is 12.5. The lowest BCUT2D eigenvalue weighted by Gasteiger charge is -2.15. The lowest BCUT2D eigenvalue weighted by molar-refractivity contribution is -0.120. The molecule has 3 heteroatoms. The first-order valence-corrected chi connectivity index (χ1v) is 5.10. The molecule has 0 radical (unpaired) electrons. The number of benzene rings is 1. The van der Waals surface area contributed by atoms with Crippen LogP contribution in [0.15, 0.2) is 24.3 Å². The number of phenols is 1. The van der Waals surface area contributed by atoms with Crippen molar-refractivity contribution in [3.8, 4) is 5.75 Å². The van der Waals surface area contributed by atoms with E-state index in [1.807, 2.05) is 20.8 Å². The van der Waals surface area contributed by atoms with Gasteiger partial charge >= 0.3 is 0 Å². The first kappa shape index (κ1) is 11.6. The summed E-state index contributed by atoms with van der Waals surface area (Å²) in [5, 5.41) is 11.9. The van der Waals surface area contributed by atoms with E-state index in [2.05, 4.69) is 5.32 Å². The molecule has 0 heterocycles. The summed E-state index contributed by atoms with van der Waals surface area (Å²) in [4.78, 5) is 11.7. The highest BCUT2D eigenvalue weighted by molar-refractivity contribution is 5.92. The predicted molar refractivity (Wildman–Crippen MR) is 60.7 cm³/mol. The summed E-state index contributed by atoms with van der Waals surface area (Å²) in [7, 11) is 0. The van der Waals surface area contributed by atoms with E-state index in [1.165, 1.54) is 0 Å². The highest BCUT2D eigenvalue weighted by Crippen LogP contribution is 2.16. The lowest BCUT2D eigenvalue weighted by atomic mass is 9.97. The van der Waals surface area contributed by atoms with Crippen molar-refractivity contribution in [2.24, 2.45) is 11.8 Å². The summed E-state index contributed by atoms with van der Waals surface area (Å²) in [6.45, 7) is 5.93. The molecule has 0 bridgehead atoms. The molecule has 1 unspecified atom stereocenters. The molecule has 1 rings (SSSR count). The Morgan fingerprint density at radius 2 is 1.73 bits per heavy atom. The quantitative estimate of drug-likeness (QED) is 0.748. The fourth-order valence-electron chi connectivity index (χ4n) is 1.10. The molecule has 1 atom stereocenters. The van der Waals surface area contributed by atoms with Crippen LogP contribution in [0.5, 0.6) is 5.75 Å². The molecule has 3 nitrogen and oxygen atoms in total.